The van der Waals surface area contributed by atoms with Crippen molar-refractivity contribution in [1.29, 1.82) is 0 Å². The summed E-state index contributed by atoms with van der Waals surface area (Å²) in [5.41, 5.74) is 3.00. The summed E-state index contributed by atoms with van der Waals surface area (Å²) in [6.45, 7) is 6.30. The lowest BCUT2D eigenvalue weighted by atomic mass is 10.0. The molecule has 0 spiro atoms. The number of hydrogen-bond acceptors (Lipinski definition) is 4. The van der Waals surface area contributed by atoms with E-state index in [9.17, 15) is 8.42 Å². The van der Waals surface area contributed by atoms with E-state index in [-0.39, 0.29) is 0 Å². The maximum atomic E-state index is 12.2. The average Bonchev–Trinajstić information content (AvgIpc) is 2.48. The molecule has 1 aromatic carbocycles. The number of pyridine rings is 1. The van der Waals surface area contributed by atoms with Crippen molar-refractivity contribution in [1.82, 2.24) is 4.98 Å². The second-order valence-electron chi connectivity index (χ2n) is 5.85. The fraction of sp³-hybridized carbons (Fsp3) is 0.471. The second-order valence-corrected chi connectivity index (χ2v) is 8.26. The molecule has 1 N–H and O–H groups in total. The third-order valence-electron chi connectivity index (χ3n) is 4.65. The quantitative estimate of drug-likeness (QED) is 0.884. The number of para-hydroxylation sites is 1. The van der Waals surface area contributed by atoms with Gasteiger partial charge in [0.1, 0.15) is 0 Å². The Hall–Kier alpha value is -1.62. The minimum absolute atomic E-state index is 0.409. The molecule has 0 fully saturated rings. The Morgan fingerprint density at radius 3 is 2.45 bits per heavy atom. The van der Waals surface area contributed by atoms with Gasteiger partial charge >= 0.3 is 0 Å². The highest BCUT2D eigenvalue weighted by Gasteiger charge is 2.37. The number of anilines is 1. The van der Waals surface area contributed by atoms with Crippen LogP contribution in [0.25, 0.3) is 10.9 Å². The summed E-state index contributed by atoms with van der Waals surface area (Å²) in [5.74, 6) is 0. The molecule has 22 heavy (non-hydrogen) atoms. The number of fused-ring (bicyclic) bond motifs is 1. The molecule has 0 unspecified atom stereocenters. The number of aromatic nitrogens is 1. The number of aryl methyl sites for hydroxylation is 1. The largest absolute Gasteiger partial charge is 0.383 e. The van der Waals surface area contributed by atoms with Crippen molar-refractivity contribution in [3.8, 4) is 0 Å². The Bertz CT molecular complexity index is 765. The van der Waals surface area contributed by atoms with E-state index in [1.165, 1.54) is 6.26 Å². The summed E-state index contributed by atoms with van der Waals surface area (Å²) in [6, 6.07) is 7.93. The molecule has 1 aromatic heterocycles. The summed E-state index contributed by atoms with van der Waals surface area (Å²) in [7, 11) is -3.14. The highest BCUT2D eigenvalue weighted by molar-refractivity contribution is 7.92. The van der Waals surface area contributed by atoms with Crippen LogP contribution in [0.4, 0.5) is 5.69 Å². The predicted molar refractivity (Wildman–Crippen MR) is 93.1 cm³/mol. The molecule has 0 saturated heterocycles. The van der Waals surface area contributed by atoms with E-state index in [4.69, 9.17) is 0 Å². The third-order valence-corrected chi connectivity index (χ3v) is 6.94. The first-order chi connectivity index (χ1) is 10.3. The van der Waals surface area contributed by atoms with E-state index in [1.807, 2.05) is 45.0 Å². The molecule has 0 bridgehead atoms. The molecule has 0 atom stereocenters. The molecule has 0 aliphatic heterocycles. The van der Waals surface area contributed by atoms with Crippen LogP contribution in [-0.2, 0) is 9.84 Å². The van der Waals surface area contributed by atoms with E-state index in [0.29, 0.717) is 19.4 Å². The van der Waals surface area contributed by atoms with Gasteiger partial charge in [-0.05, 0) is 31.4 Å². The van der Waals surface area contributed by atoms with Crippen LogP contribution in [0.2, 0.25) is 0 Å². The lowest BCUT2D eigenvalue weighted by Gasteiger charge is -2.30. The van der Waals surface area contributed by atoms with Crippen molar-refractivity contribution in [3.05, 3.63) is 36.0 Å². The Balaban J connectivity index is 2.38. The minimum atomic E-state index is -3.14. The fourth-order valence-electron chi connectivity index (χ4n) is 2.89. The van der Waals surface area contributed by atoms with E-state index in [1.54, 1.807) is 6.20 Å². The Labute approximate surface area is 132 Å². The highest BCUT2D eigenvalue weighted by Crippen LogP contribution is 2.28. The second kappa shape index (κ2) is 6.24. The van der Waals surface area contributed by atoms with Crippen LogP contribution in [0.1, 0.15) is 32.3 Å². The van der Waals surface area contributed by atoms with Crippen LogP contribution in [0.3, 0.4) is 0 Å². The standard InChI is InChI=1S/C17H24N2O2S/c1-5-17(6-2,22(4,20)21)12-19-15-10-11-18-16-13(3)8-7-9-14(15)16/h7-11H,5-6,12H2,1-4H3,(H,18,19). The molecule has 5 heteroatoms. The van der Waals surface area contributed by atoms with E-state index in [2.05, 4.69) is 10.3 Å². The SMILES string of the molecule is CCC(CC)(CNc1ccnc2c(C)cccc12)S(C)(=O)=O. The van der Waals surface area contributed by atoms with Crippen molar-refractivity contribution in [2.24, 2.45) is 0 Å². The van der Waals surface area contributed by atoms with Crippen LogP contribution in [-0.4, -0.2) is 30.9 Å². The molecule has 0 amide bonds. The van der Waals surface area contributed by atoms with Crippen molar-refractivity contribution < 1.29 is 8.42 Å². The first-order valence-electron chi connectivity index (χ1n) is 7.62. The first-order valence-corrected chi connectivity index (χ1v) is 9.51. The smallest absolute Gasteiger partial charge is 0.154 e. The number of hydrogen-bond donors (Lipinski definition) is 1. The average molecular weight is 320 g/mol. The van der Waals surface area contributed by atoms with Crippen molar-refractivity contribution >= 4 is 26.4 Å². The third kappa shape index (κ3) is 2.95. The van der Waals surface area contributed by atoms with Gasteiger partial charge in [0.15, 0.2) is 9.84 Å². The summed E-state index contributed by atoms with van der Waals surface area (Å²) < 4.78 is 23.7. The van der Waals surface area contributed by atoms with Gasteiger partial charge in [-0.15, -0.1) is 0 Å². The number of nitrogens with zero attached hydrogens (tertiary/aromatic N) is 1. The molecular weight excluding hydrogens is 296 g/mol. The van der Waals surface area contributed by atoms with Gasteiger partial charge in [-0.2, -0.15) is 0 Å². The van der Waals surface area contributed by atoms with Crippen LogP contribution in [0.15, 0.2) is 30.5 Å². The zero-order chi connectivity index (χ0) is 16.4. The van der Waals surface area contributed by atoms with Gasteiger partial charge in [0.05, 0.1) is 10.3 Å². The van der Waals surface area contributed by atoms with Gasteiger partial charge in [-0.3, -0.25) is 4.98 Å². The van der Waals surface area contributed by atoms with Gasteiger partial charge in [0.2, 0.25) is 0 Å². The number of benzene rings is 1. The first kappa shape index (κ1) is 16.7. The molecule has 0 radical (unpaired) electrons. The molecule has 0 saturated carbocycles. The zero-order valence-corrected chi connectivity index (χ0v) is 14.5. The minimum Gasteiger partial charge on any atom is -0.383 e. The Morgan fingerprint density at radius 1 is 1.18 bits per heavy atom. The summed E-state index contributed by atoms with van der Waals surface area (Å²) in [5, 5.41) is 4.37. The molecule has 4 nitrogen and oxygen atoms in total. The molecule has 2 aromatic rings. The van der Waals surface area contributed by atoms with Crippen LogP contribution in [0.5, 0.6) is 0 Å². The maximum absolute atomic E-state index is 12.2. The normalized spacial score (nSPS) is 12.5. The molecule has 0 aliphatic rings. The molecule has 2 rings (SSSR count). The van der Waals surface area contributed by atoms with Gasteiger partial charge in [0.25, 0.3) is 0 Å². The van der Waals surface area contributed by atoms with Crippen LogP contribution in [0, 0.1) is 6.92 Å². The van der Waals surface area contributed by atoms with E-state index >= 15 is 0 Å². The monoisotopic (exact) mass is 320 g/mol. The summed E-state index contributed by atoms with van der Waals surface area (Å²) in [4.78, 5) is 4.42. The van der Waals surface area contributed by atoms with Crippen molar-refractivity contribution in [3.63, 3.8) is 0 Å². The Morgan fingerprint density at radius 2 is 1.86 bits per heavy atom. The maximum Gasteiger partial charge on any atom is 0.154 e. The Kier molecular flexibility index (Phi) is 4.75. The lowest BCUT2D eigenvalue weighted by Crippen LogP contribution is -2.43. The predicted octanol–water partition coefficient (Wildman–Crippen LogP) is 3.56. The molecule has 0 aliphatic carbocycles. The molecule has 1 heterocycles. The zero-order valence-electron chi connectivity index (χ0n) is 13.7. The van der Waals surface area contributed by atoms with Gasteiger partial charge in [-0.25, -0.2) is 8.42 Å². The van der Waals surface area contributed by atoms with E-state index < -0.39 is 14.6 Å². The molecular formula is C17H24N2O2S. The van der Waals surface area contributed by atoms with Gasteiger partial charge in [0, 0.05) is 30.1 Å². The van der Waals surface area contributed by atoms with Gasteiger partial charge < -0.3 is 5.32 Å². The summed E-state index contributed by atoms with van der Waals surface area (Å²) >= 11 is 0. The highest BCUT2D eigenvalue weighted by atomic mass is 32.2. The van der Waals surface area contributed by atoms with E-state index in [0.717, 1.165) is 22.2 Å². The number of sulfone groups is 1. The lowest BCUT2D eigenvalue weighted by molar-refractivity contribution is 0.499. The van der Waals surface area contributed by atoms with Crippen molar-refractivity contribution in [2.75, 3.05) is 18.1 Å². The fourth-order valence-corrected chi connectivity index (χ4v) is 4.27. The number of rotatable bonds is 6. The number of nitrogens with one attached hydrogen (secondary N) is 1. The van der Waals surface area contributed by atoms with Crippen molar-refractivity contribution in [2.45, 2.75) is 38.4 Å². The summed E-state index contributed by atoms with van der Waals surface area (Å²) in [6.07, 6.45) is 4.28. The molecule has 120 valence electrons. The van der Waals surface area contributed by atoms with Crippen LogP contribution < -0.4 is 5.32 Å². The van der Waals surface area contributed by atoms with Crippen LogP contribution >= 0.6 is 0 Å². The van der Waals surface area contributed by atoms with Gasteiger partial charge in [-0.1, -0.05) is 32.0 Å². The topological polar surface area (TPSA) is 59.1 Å².